The van der Waals surface area contributed by atoms with Crippen LogP contribution in [0.15, 0.2) is 36.4 Å². The average Bonchev–Trinajstić information content (AvgIpc) is 1.66. The molecular weight excluding hydrogens is 1320 g/mol. The minimum Gasteiger partial charge on any atom is -0.496 e. The van der Waals surface area contributed by atoms with Crippen LogP contribution in [-0.2, 0) is 52.6 Å². The number of nitriles is 1. The number of piperidine rings is 3. The lowest BCUT2D eigenvalue weighted by Gasteiger charge is -2.28. The normalized spacial score (nSPS) is 17.9. The maximum atomic E-state index is 13.2. The highest BCUT2D eigenvalue weighted by Crippen LogP contribution is 2.32. The van der Waals surface area contributed by atoms with E-state index in [9.17, 15) is 58.0 Å². The van der Waals surface area contributed by atoms with Crippen LogP contribution in [0.3, 0.4) is 0 Å². The number of hydrogen-bond donors (Lipinski definition) is 11. The highest BCUT2D eigenvalue weighted by Gasteiger charge is 2.37. The molecule has 3 aliphatic rings. The molecule has 0 saturated carbocycles. The first-order valence-corrected chi connectivity index (χ1v) is 34.2. The Kier molecular flexibility index (Phi) is 31.4. The molecule has 3 fully saturated rings. The summed E-state index contributed by atoms with van der Waals surface area (Å²) in [7, 11) is 5.48. The number of aromatic nitrogens is 2. The van der Waals surface area contributed by atoms with E-state index in [4.69, 9.17) is 46.9 Å². The molecule has 30 heteroatoms. The Labute approximate surface area is 587 Å². The summed E-state index contributed by atoms with van der Waals surface area (Å²) in [6.45, 7) is 18.6. The molecule has 0 bridgehead atoms. The van der Waals surface area contributed by atoms with Gasteiger partial charge in [0, 0.05) is 58.2 Å². The molecule has 0 aliphatic carbocycles. The molecule has 28 nitrogen and oxygen atoms in total. The molecule has 0 spiro atoms. The number of nitrogens with zero attached hydrogens (tertiary/aromatic N) is 1. The van der Waals surface area contributed by atoms with Gasteiger partial charge >= 0.3 is 18.0 Å². The summed E-state index contributed by atoms with van der Waals surface area (Å²) < 4.78 is 25.6. The number of rotatable bonds is 27. The number of carbonyl (C=O) groups excluding carboxylic acids is 11. The fraction of sp³-hybridized carbons (Fsp3) is 0.594. The van der Waals surface area contributed by atoms with Crippen molar-refractivity contribution in [2.75, 3.05) is 48.1 Å². The molecule has 11 N–H and O–H groups in total. The summed E-state index contributed by atoms with van der Waals surface area (Å²) in [6.07, 6.45) is 5.27. The molecule has 9 atom stereocenters. The first-order valence-electron chi connectivity index (χ1n) is 33.4. The highest BCUT2D eigenvalue weighted by molar-refractivity contribution is 6.32. The van der Waals surface area contributed by atoms with Crippen molar-refractivity contribution < 1.29 is 76.4 Å². The maximum absolute atomic E-state index is 13.2. The lowest BCUT2D eigenvalue weighted by molar-refractivity contribution is -0.147. The van der Waals surface area contributed by atoms with Crippen LogP contribution >= 0.6 is 23.2 Å². The third-order valence-corrected chi connectivity index (χ3v) is 16.9. The van der Waals surface area contributed by atoms with Crippen molar-refractivity contribution in [3.05, 3.63) is 57.8 Å². The first kappa shape index (κ1) is 80.8. The molecular formula is C69H98Cl2N12O16. The Morgan fingerprint density at radius 2 is 0.869 bits per heavy atom. The van der Waals surface area contributed by atoms with Crippen LogP contribution in [0.5, 0.6) is 11.5 Å². The zero-order chi connectivity index (χ0) is 73.4. The van der Waals surface area contributed by atoms with E-state index < -0.39 is 95.3 Å². The Bertz CT molecular complexity index is 3540. The van der Waals surface area contributed by atoms with E-state index in [0.29, 0.717) is 102 Å². The zero-order valence-electron chi connectivity index (χ0n) is 58.7. The Morgan fingerprint density at radius 3 is 1.19 bits per heavy atom. The second kappa shape index (κ2) is 38.5. The number of hydrogen-bond acceptors (Lipinski definition) is 17. The molecule has 99 heavy (non-hydrogen) atoms. The molecule has 0 radical (unpaired) electrons. The van der Waals surface area contributed by atoms with E-state index in [1.165, 1.54) is 28.4 Å². The fourth-order valence-corrected chi connectivity index (χ4v) is 12.1. The molecule has 544 valence electrons. The molecule has 3 saturated heterocycles. The third kappa shape index (κ3) is 25.4. The van der Waals surface area contributed by atoms with Gasteiger partial charge in [-0.2, -0.15) is 5.26 Å². The number of benzene rings is 2. The molecule has 2 aromatic heterocycles. The number of carbonyl (C=O) groups is 11. The second-order valence-corrected chi connectivity index (χ2v) is 28.0. The monoisotopic (exact) mass is 1420 g/mol. The van der Waals surface area contributed by atoms with Crippen molar-refractivity contribution >= 4 is 110 Å². The van der Waals surface area contributed by atoms with Gasteiger partial charge in [0.1, 0.15) is 64.7 Å². The summed E-state index contributed by atoms with van der Waals surface area (Å²) in [5.74, 6) is -3.87. The van der Waals surface area contributed by atoms with Crippen LogP contribution in [0, 0.1) is 46.8 Å². The number of alkyl carbamates (subject to hydrolysis) is 1. The van der Waals surface area contributed by atoms with Crippen LogP contribution < -0.4 is 57.3 Å². The maximum Gasteiger partial charge on any atom is 0.408 e. The van der Waals surface area contributed by atoms with Crippen molar-refractivity contribution in [1.82, 2.24) is 57.8 Å². The Hall–Kier alpha value is -8.84. The number of nitrogens with one attached hydrogen (secondary N) is 11. The molecule has 3 aliphatic heterocycles. The van der Waals surface area contributed by atoms with Crippen molar-refractivity contribution in [1.29, 1.82) is 5.26 Å². The molecule has 5 heterocycles. The SMILES string of the molecule is COC(=O)[C@H](C[C@@H]1CCCNC1=O)NC(=O)[C@H](CC(C)C)NC(=O)OC(C)(C)C.COC(=O)[C@H](C[C@@H]1CCCNC1=O)NC(=O)[C@H](CC(C)C)NC(=O)c1cc2c(OC)cc(Cl)cc2[nH]1.COc1cc(Cl)cc2[nH]c(C(=O)N[C@@H](CC(C)C)C(=O)N[C@H](C#N)C[C@@H]3CCCNC3=O)cc12. The fourth-order valence-electron chi connectivity index (χ4n) is 11.7. The van der Waals surface area contributed by atoms with E-state index in [1.54, 1.807) is 57.2 Å². The van der Waals surface area contributed by atoms with Crippen molar-refractivity contribution in [3.63, 3.8) is 0 Å². The minimum absolute atomic E-state index is 0.0726. The van der Waals surface area contributed by atoms with Crippen molar-refractivity contribution in [2.24, 2.45) is 35.5 Å². The van der Waals surface area contributed by atoms with Gasteiger partial charge in [0.25, 0.3) is 11.8 Å². The van der Waals surface area contributed by atoms with E-state index in [2.05, 4.69) is 63.9 Å². The number of H-pyrrole nitrogens is 2. The molecule has 7 rings (SSSR count). The molecule has 0 unspecified atom stereocenters. The van der Waals surface area contributed by atoms with Gasteiger partial charge in [-0.3, -0.25) is 38.4 Å². The van der Waals surface area contributed by atoms with Gasteiger partial charge in [-0.25, -0.2) is 14.4 Å². The quantitative estimate of drug-likeness (QED) is 0.0212. The number of halogens is 2. The van der Waals surface area contributed by atoms with Crippen LogP contribution in [0.2, 0.25) is 10.0 Å². The van der Waals surface area contributed by atoms with Gasteiger partial charge in [-0.1, -0.05) is 64.7 Å². The average molecular weight is 1420 g/mol. The summed E-state index contributed by atoms with van der Waals surface area (Å²) in [5.41, 5.74) is 1.04. The van der Waals surface area contributed by atoms with Crippen LogP contribution in [0.4, 0.5) is 4.79 Å². The zero-order valence-corrected chi connectivity index (χ0v) is 60.2. The number of esters is 2. The third-order valence-electron chi connectivity index (χ3n) is 16.5. The van der Waals surface area contributed by atoms with Gasteiger partial charge in [0.15, 0.2) is 0 Å². The molecule has 4 aromatic rings. The molecule has 9 amide bonds. The number of fused-ring (bicyclic) bond motifs is 2. The lowest BCUT2D eigenvalue weighted by Crippen LogP contribution is -2.54. The summed E-state index contributed by atoms with van der Waals surface area (Å²) in [6, 6.07) is 6.56. The number of methoxy groups -OCH3 is 4. The largest absolute Gasteiger partial charge is 0.496 e. The van der Waals surface area contributed by atoms with Crippen LogP contribution in [0.1, 0.15) is 160 Å². The summed E-state index contributed by atoms with van der Waals surface area (Å²) in [5, 5.41) is 36.3. The standard InChI is InChI=1S/C25H33ClN4O6.C24H30ClN5O4.C20H35N3O6/c1-13(2)8-18(23(32)30-20(25(34)36-4)9-14-6-5-7-27-22(14)31)29-24(33)19-12-16-17(28-19)10-15(26)11-21(16)35-3;1-13(2)7-19(23(32)28-16(12-26)8-14-5-4-6-27-22(14)31)30-24(33)20-11-17-18(29-20)9-15(25)10-21(17)34-3;1-12(2)10-14(23-19(27)29-20(3,4)5)17(25)22-15(18(26)28-6)11-13-8-7-9-21-16(13)24/h10-14,18,20,28H,5-9H2,1-4H3,(H,27,31)(H,29,33)(H,30,32);9-11,13-14,16,19,29H,4-8H2,1-3H3,(H,27,31)(H,28,32)(H,30,33);12-15H,7-11H2,1-6H3,(H,21,24)(H,22,25)(H,23,27)/t14-,18-,20-;14-,16-,19-;13-,14-,15-/m000/s1. The van der Waals surface area contributed by atoms with Crippen molar-refractivity contribution in [3.8, 4) is 17.6 Å². The Morgan fingerprint density at radius 1 is 0.515 bits per heavy atom. The van der Waals surface area contributed by atoms with E-state index in [1.807, 2.05) is 41.5 Å². The van der Waals surface area contributed by atoms with Gasteiger partial charge < -0.3 is 81.5 Å². The number of amides is 9. The van der Waals surface area contributed by atoms with E-state index >= 15 is 0 Å². The van der Waals surface area contributed by atoms with Crippen LogP contribution in [-0.4, -0.2) is 165 Å². The smallest absolute Gasteiger partial charge is 0.408 e. The van der Waals surface area contributed by atoms with Gasteiger partial charge in [-0.05, 0) is 152 Å². The van der Waals surface area contributed by atoms with Gasteiger partial charge in [0.2, 0.25) is 35.4 Å². The number of ether oxygens (including phenoxy) is 5. The lowest BCUT2D eigenvalue weighted by atomic mass is 9.91. The molecule has 2 aromatic carbocycles. The predicted molar refractivity (Wildman–Crippen MR) is 370 cm³/mol. The summed E-state index contributed by atoms with van der Waals surface area (Å²) in [4.78, 5) is 144. The van der Waals surface area contributed by atoms with E-state index in [-0.39, 0.29) is 78.0 Å². The van der Waals surface area contributed by atoms with Gasteiger partial charge in [0.05, 0.1) is 45.5 Å². The first-order chi connectivity index (χ1) is 46.8. The minimum atomic E-state index is -1.01. The summed E-state index contributed by atoms with van der Waals surface area (Å²) >= 11 is 12.2. The Balaban J connectivity index is 0.000000270. The van der Waals surface area contributed by atoms with Crippen molar-refractivity contribution in [2.45, 2.75) is 181 Å². The van der Waals surface area contributed by atoms with Gasteiger partial charge in [-0.15, -0.1) is 0 Å². The topological polar surface area (TPSA) is 398 Å². The highest BCUT2D eigenvalue weighted by atomic mass is 35.5. The second-order valence-electron chi connectivity index (χ2n) is 27.1. The van der Waals surface area contributed by atoms with Crippen LogP contribution in [0.25, 0.3) is 21.8 Å². The predicted octanol–water partition coefficient (Wildman–Crippen LogP) is 6.95. The number of aromatic amines is 2. The van der Waals surface area contributed by atoms with E-state index in [0.717, 1.165) is 19.3 Å².